The van der Waals surface area contributed by atoms with Crippen LogP contribution in [0, 0.1) is 6.92 Å². The smallest absolute Gasteiger partial charge is 0.245 e. The van der Waals surface area contributed by atoms with Crippen LogP contribution in [0.1, 0.15) is 12.7 Å². The topological polar surface area (TPSA) is 111 Å². The first-order valence-electron chi connectivity index (χ1n) is 6.83. The highest BCUT2D eigenvalue weighted by Crippen LogP contribution is 2.27. The van der Waals surface area contributed by atoms with Crippen molar-refractivity contribution in [1.82, 2.24) is 9.88 Å². The molecule has 0 unspecified atom stereocenters. The number of sulfonamides is 1. The summed E-state index contributed by atoms with van der Waals surface area (Å²) < 4.78 is 37.1. The van der Waals surface area contributed by atoms with Gasteiger partial charge >= 0.3 is 0 Å². The lowest BCUT2D eigenvalue weighted by Gasteiger charge is -2.15. The number of aromatic nitrogens is 1. The fraction of sp³-hybridized carbons (Fsp3) is 0.286. The number of nitrogens with zero attached hydrogens (tertiary/aromatic N) is 1. The first-order valence-corrected chi connectivity index (χ1v) is 8.69. The summed E-state index contributed by atoms with van der Waals surface area (Å²) in [7, 11) is -2.68. The van der Waals surface area contributed by atoms with E-state index in [9.17, 15) is 13.2 Å². The highest BCUT2D eigenvalue weighted by atomic mass is 35.5. The quantitative estimate of drug-likeness (QED) is 0.800. The maximum atomic E-state index is 12.5. The molecule has 24 heavy (non-hydrogen) atoms. The number of carbonyl (C=O) groups is 1. The Morgan fingerprint density at radius 1 is 1.38 bits per heavy atom. The van der Waals surface area contributed by atoms with Crippen molar-refractivity contribution in [3.05, 3.63) is 35.0 Å². The minimum Gasteiger partial charge on any atom is -0.495 e. The van der Waals surface area contributed by atoms with Crippen molar-refractivity contribution >= 4 is 33.3 Å². The highest BCUT2D eigenvalue weighted by Gasteiger charge is 2.25. The number of rotatable bonds is 6. The Balaban J connectivity index is 2.16. The fourth-order valence-electron chi connectivity index (χ4n) is 1.87. The number of halogens is 1. The van der Waals surface area contributed by atoms with Crippen LogP contribution in [0.5, 0.6) is 5.75 Å². The summed E-state index contributed by atoms with van der Waals surface area (Å²) >= 11 is 5.84. The SMILES string of the molecule is COc1ccc(Cl)cc1S(=O)(=O)N[C@@H](C)C(=O)Nc1cc(C)on1. The maximum absolute atomic E-state index is 12.5. The van der Waals surface area contributed by atoms with Crippen LogP contribution in [0.4, 0.5) is 5.82 Å². The highest BCUT2D eigenvalue weighted by molar-refractivity contribution is 7.89. The van der Waals surface area contributed by atoms with E-state index in [0.717, 1.165) is 0 Å². The van der Waals surface area contributed by atoms with E-state index in [1.807, 2.05) is 0 Å². The minimum atomic E-state index is -4.02. The maximum Gasteiger partial charge on any atom is 0.245 e. The third-order valence-corrected chi connectivity index (χ3v) is 4.82. The van der Waals surface area contributed by atoms with E-state index in [-0.39, 0.29) is 21.5 Å². The molecule has 0 aliphatic rings. The molecule has 1 aromatic carbocycles. The summed E-state index contributed by atoms with van der Waals surface area (Å²) in [5, 5.41) is 6.29. The van der Waals surface area contributed by atoms with Crippen molar-refractivity contribution in [2.75, 3.05) is 12.4 Å². The number of methoxy groups -OCH3 is 1. The van der Waals surface area contributed by atoms with Crippen LogP contribution in [0.25, 0.3) is 0 Å². The standard InChI is InChI=1S/C14H16ClN3O5S/c1-8-6-13(17-23-8)16-14(19)9(2)18-24(20,21)12-7-10(15)4-5-11(12)22-3/h4-7,9,18H,1-3H3,(H,16,17,19)/t9-/m0/s1. The van der Waals surface area contributed by atoms with Crippen molar-refractivity contribution in [1.29, 1.82) is 0 Å². The molecule has 2 N–H and O–H groups in total. The summed E-state index contributed by atoms with van der Waals surface area (Å²) in [4.78, 5) is 11.9. The summed E-state index contributed by atoms with van der Waals surface area (Å²) in [5.74, 6) is 0.241. The van der Waals surface area contributed by atoms with E-state index < -0.39 is 22.0 Å². The number of hydrogen-bond donors (Lipinski definition) is 2. The second kappa shape index (κ2) is 7.20. The van der Waals surface area contributed by atoms with Gasteiger partial charge in [-0.25, -0.2) is 8.42 Å². The van der Waals surface area contributed by atoms with Gasteiger partial charge in [0.25, 0.3) is 0 Å². The molecule has 2 aromatic rings. The first kappa shape index (κ1) is 18.2. The Kier molecular flexibility index (Phi) is 5.47. The van der Waals surface area contributed by atoms with Gasteiger partial charge in [-0.15, -0.1) is 0 Å². The van der Waals surface area contributed by atoms with Gasteiger partial charge in [0.2, 0.25) is 15.9 Å². The predicted molar refractivity (Wildman–Crippen MR) is 87.7 cm³/mol. The Morgan fingerprint density at radius 3 is 2.67 bits per heavy atom. The van der Waals surface area contributed by atoms with Crippen molar-refractivity contribution in [3.8, 4) is 5.75 Å². The Morgan fingerprint density at radius 2 is 2.08 bits per heavy atom. The molecule has 0 aliphatic carbocycles. The summed E-state index contributed by atoms with van der Waals surface area (Å²) in [6.45, 7) is 3.07. The molecule has 1 aromatic heterocycles. The average molecular weight is 374 g/mol. The third-order valence-electron chi connectivity index (χ3n) is 3.02. The number of carbonyl (C=O) groups excluding carboxylic acids is 1. The first-order chi connectivity index (χ1) is 11.2. The molecule has 1 heterocycles. The lowest BCUT2D eigenvalue weighted by atomic mass is 10.3. The van der Waals surface area contributed by atoms with E-state index in [2.05, 4.69) is 15.2 Å². The Labute approximate surface area is 144 Å². The van der Waals surface area contributed by atoms with Gasteiger partial charge in [0, 0.05) is 11.1 Å². The van der Waals surface area contributed by atoms with Crippen molar-refractivity contribution in [2.45, 2.75) is 24.8 Å². The predicted octanol–water partition coefficient (Wildman–Crippen LogP) is 1.95. The summed E-state index contributed by atoms with van der Waals surface area (Å²) in [6.07, 6.45) is 0. The van der Waals surface area contributed by atoms with Crippen LogP contribution in [-0.2, 0) is 14.8 Å². The molecule has 0 bridgehead atoms. The number of benzene rings is 1. The van der Waals surface area contributed by atoms with Crippen LogP contribution in [0.15, 0.2) is 33.7 Å². The molecule has 130 valence electrons. The van der Waals surface area contributed by atoms with E-state index >= 15 is 0 Å². The van der Waals surface area contributed by atoms with Gasteiger partial charge in [-0.2, -0.15) is 4.72 Å². The van der Waals surface area contributed by atoms with Crippen LogP contribution in [0.3, 0.4) is 0 Å². The molecule has 8 nitrogen and oxygen atoms in total. The number of hydrogen-bond acceptors (Lipinski definition) is 6. The fourth-order valence-corrected chi connectivity index (χ4v) is 3.50. The van der Waals surface area contributed by atoms with E-state index in [1.165, 1.54) is 38.3 Å². The van der Waals surface area contributed by atoms with E-state index in [4.69, 9.17) is 20.9 Å². The lowest BCUT2D eigenvalue weighted by Crippen LogP contribution is -2.41. The van der Waals surface area contributed by atoms with Crippen LogP contribution >= 0.6 is 11.6 Å². The largest absolute Gasteiger partial charge is 0.495 e. The molecule has 1 amide bonds. The molecular weight excluding hydrogens is 358 g/mol. The summed E-state index contributed by atoms with van der Waals surface area (Å²) in [6, 6.07) is 4.63. The number of amides is 1. The average Bonchev–Trinajstić information content (AvgIpc) is 2.91. The van der Waals surface area contributed by atoms with Gasteiger partial charge in [0.1, 0.15) is 16.4 Å². The normalized spacial score (nSPS) is 12.7. The molecule has 0 fully saturated rings. The zero-order valence-electron chi connectivity index (χ0n) is 13.2. The van der Waals surface area contributed by atoms with Gasteiger partial charge < -0.3 is 14.6 Å². The van der Waals surface area contributed by atoms with E-state index in [0.29, 0.717) is 5.76 Å². The molecule has 2 rings (SSSR count). The van der Waals surface area contributed by atoms with Gasteiger partial charge in [-0.3, -0.25) is 4.79 Å². The monoisotopic (exact) mass is 373 g/mol. The third kappa shape index (κ3) is 4.25. The number of nitrogens with one attached hydrogen (secondary N) is 2. The second-order valence-electron chi connectivity index (χ2n) is 4.95. The zero-order valence-corrected chi connectivity index (χ0v) is 14.7. The van der Waals surface area contributed by atoms with Crippen LogP contribution < -0.4 is 14.8 Å². The Bertz CT molecular complexity index is 850. The number of ether oxygens (including phenoxy) is 1. The second-order valence-corrected chi connectivity index (χ2v) is 7.07. The molecule has 0 radical (unpaired) electrons. The zero-order chi connectivity index (χ0) is 17.9. The molecule has 0 saturated heterocycles. The number of anilines is 1. The van der Waals surface area contributed by atoms with Gasteiger partial charge in [-0.05, 0) is 32.0 Å². The van der Waals surface area contributed by atoms with Crippen molar-refractivity contribution < 1.29 is 22.5 Å². The molecule has 0 saturated carbocycles. The Hall–Kier alpha value is -2.10. The van der Waals surface area contributed by atoms with Gasteiger partial charge in [0.05, 0.1) is 13.2 Å². The van der Waals surface area contributed by atoms with Crippen LogP contribution in [-0.4, -0.2) is 32.6 Å². The molecule has 0 aliphatic heterocycles. The van der Waals surface area contributed by atoms with Crippen LogP contribution in [0.2, 0.25) is 5.02 Å². The van der Waals surface area contributed by atoms with Gasteiger partial charge in [0.15, 0.2) is 5.82 Å². The minimum absolute atomic E-state index is 0.117. The molecule has 10 heteroatoms. The molecular formula is C14H16ClN3O5S. The molecule has 0 spiro atoms. The van der Waals surface area contributed by atoms with Crippen molar-refractivity contribution in [3.63, 3.8) is 0 Å². The lowest BCUT2D eigenvalue weighted by molar-refractivity contribution is -0.117. The molecule has 1 atom stereocenters. The summed E-state index contributed by atoms with van der Waals surface area (Å²) in [5.41, 5.74) is 0. The van der Waals surface area contributed by atoms with Gasteiger partial charge in [-0.1, -0.05) is 16.8 Å². The van der Waals surface area contributed by atoms with Crippen molar-refractivity contribution in [2.24, 2.45) is 0 Å². The number of aryl methyl sites for hydroxylation is 1. The van der Waals surface area contributed by atoms with E-state index in [1.54, 1.807) is 6.92 Å².